The zero-order valence-electron chi connectivity index (χ0n) is 11.5. The molecule has 2 aromatic carbocycles. The third kappa shape index (κ3) is 3.45. The number of para-hydroxylation sites is 3. The minimum atomic E-state index is -0.129. The van der Waals surface area contributed by atoms with Gasteiger partial charge in [0, 0.05) is 5.69 Å². The molecule has 0 bridgehead atoms. The second-order valence-corrected chi connectivity index (χ2v) is 4.71. The molecule has 2 aromatic rings. The van der Waals surface area contributed by atoms with E-state index >= 15 is 0 Å². The molecule has 0 spiro atoms. The van der Waals surface area contributed by atoms with Gasteiger partial charge in [-0.1, -0.05) is 30.3 Å². The minimum absolute atomic E-state index is 0.129. The molecule has 0 fully saturated rings. The third-order valence-electron chi connectivity index (χ3n) is 3.08. The van der Waals surface area contributed by atoms with Crippen molar-refractivity contribution < 1.29 is 9.47 Å². The predicted octanol–water partition coefficient (Wildman–Crippen LogP) is 2.25. The van der Waals surface area contributed by atoms with Crippen LogP contribution >= 0.6 is 0 Å². The first-order valence-electron chi connectivity index (χ1n) is 6.82. The van der Waals surface area contributed by atoms with Crippen molar-refractivity contribution in [3.63, 3.8) is 0 Å². The lowest BCUT2D eigenvalue weighted by molar-refractivity contribution is 0.0972. The van der Waals surface area contributed by atoms with Gasteiger partial charge in [-0.05, 0) is 24.3 Å². The molecule has 5 heteroatoms. The number of hydrogen-bond donors (Lipinski definition) is 2. The van der Waals surface area contributed by atoms with Gasteiger partial charge in [0.1, 0.15) is 6.61 Å². The van der Waals surface area contributed by atoms with Crippen LogP contribution in [-0.2, 0) is 0 Å². The Morgan fingerprint density at radius 3 is 2.62 bits per heavy atom. The summed E-state index contributed by atoms with van der Waals surface area (Å²) < 4.78 is 11.4. The SMILES string of the molecule is NC(=NCC1COc2ccccc2O1)Nc1ccccc1. The fourth-order valence-electron chi connectivity index (χ4n) is 2.06. The molecule has 21 heavy (non-hydrogen) atoms. The summed E-state index contributed by atoms with van der Waals surface area (Å²) in [4.78, 5) is 4.29. The lowest BCUT2D eigenvalue weighted by atomic mass is 10.2. The lowest BCUT2D eigenvalue weighted by Gasteiger charge is -2.25. The molecule has 1 unspecified atom stereocenters. The van der Waals surface area contributed by atoms with Crippen molar-refractivity contribution in [3.05, 3.63) is 54.6 Å². The van der Waals surface area contributed by atoms with E-state index in [0.717, 1.165) is 17.2 Å². The minimum Gasteiger partial charge on any atom is -0.486 e. The Labute approximate surface area is 123 Å². The first kappa shape index (κ1) is 13.3. The number of ether oxygens (including phenoxy) is 2. The van der Waals surface area contributed by atoms with Crippen molar-refractivity contribution in [1.82, 2.24) is 0 Å². The van der Waals surface area contributed by atoms with Crippen molar-refractivity contribution >= 4 is 11.6 Å². The predicted molar refractivity (Wildman–Crippen MR) is 82.9 cm³/mol. The Hall–Kier alpha value is -2.69. The smallest absolute Gasteiger partial charge is 0.193 e. The molecule has 0 amide bonds. The van der Waals surface area contributed by atoms with E-state index in [9.17, 15) is 0 Å². The number of hydrogen-bond acceptors (Lipinski definition) is 3. The van der Waals surface area contributed by atoms with Gasteiger partial charge in [0.25, 0.3) is 0 Å². The normalized spacial score (nSPS) is 17.3. The van der Waals surface area contributed by atoms with Gasteiger partial charge in [-0.25, -0.2) is 4.99 Å². The van der Waals surface area contributed by atoms with E-state index in [1.807, 2.05) is 54.6 Å². The summed E-state index contributed by atoms with van der Waals surface area (Å²) in [7, 11) is 0. The van der Waals surface area contributed by atoms with E-state index in [0.29, 0.717) is 19.1 Å². The Bertz CT molecular complexity index is 628. The molecule has 0 aliphatic carbocycles. The molecule has 1 heterocycles. The summed E-state index contributed by atoms with van der Waals surface area (Å²) in [6.45, 7) is 0.916. The Morgan fingerprint density at radius 2 is 1.81 bits per heavy atom. The van der Waals surface area contributed by atoms with Gasteiger partial charge in [0.2, 0.25) is 0 Å². The van der Waals surface area contributed by atoms with Crippen molar-refractivity contribution in [2.45, 2.75) is 6.10 Å². The van der Waals surface area contributed by atoms with Crippen LogP contribution in [0.4, 0.5) is 5.69 Å². The molecule has 1 aliphatic heterocycles. The quantitative estimate of drug-likeness (QED) is 0.669. The zero-order valence-corrected chi connectivity index (χ0v) is 11.5. The number of benzene rings is 2. The van der Waals surface area contributed by atoms with Crippen LogP contribution in [0.5, 0.6) is 11.5 Å². The highest BCUT2D eigenvalue weighted by Crippen LogP contribution is 2.30. The van der Waals surface area contributed by atoms with Crippen molar-refractivity contribution in [2.75, 3.05) is 18.5 Å². The molecule has 1 atom stereocenters. The summed E-state index contributed by atoms with van der Waals surface area (Å²) in [6, 6.07) is 17.3. The van der Waals surface area contributed by atoms with Crippen LogP contribution in [0.15, 0.2) is 59.6 Å². The molecular weight excluding hydrogens is 266 g/mol. The average molecular weight is 283 g/mol. The largest absolute Gasteiger partial charge is 0.486 e. The fraction of sp³-hybridized carbons (Fsp3) is 0.188. The van der Waals surface area contributed by atoms with Gasteiger partial charge in [0.05, 0.1) is 6.54 Å². The van der Waals surface area contributed by atoms with Gasteiger partial charge in [-0.15, -0.1) is 0 Å². The average Bonchev–Trinajstić information content (AvgIpc) is 2.54. The van der Waals surface area contributed by atoms with Crippen molar-refractivity contribution in [2.24, 2.45) is 10.7 Å². The van der Waals surface area contributed by atoms with Crippen LogP contribution in [0.25, 0.3) is 0 Å². The molecule has 3 rings (SSSR count). The fourth-order valence-corrected chi connectivity index (χ4v) is 2.06. The number of rotatable bonds is 3. The number of guanidine groups is 1. The molecule has 108 valence electrons. The maximum atomic E-state index is 5.86. The molecule has 0 radical (unpaired) electrons. The molecule has 0 aromatic heterocycles. The van der Waals surface area contributed by atoms with Crippen LogP contribution in [0.3, 0.4) is 0 Å². The highest BCUT2D eigenvalue weighted by atomic mass is 16.6. The van der Waals surface area contributed by atoms with E-state index in [4.69, 9.17) is 15.2 Å². The Morgan fingerprint density at radius 1 is 1.10 bits per heavy atom. The number of nitrogens with zero attached hydrogens (tertiary/aromatic N) is 1. The maximum Gasteiger partial charge on any atom is 0.193 e. The highest BCUT2D eigenvalue weighted by molar-refractivity contribution is 5.92. The summed E-state index contributed by atoms with van der Waals surface area (Å²) in [5, 5.41) is 3.03. The van der Waals surface area contributed by atoms with E-state index in [-0.39, 0.29) is 6.10 Å². The number of aliphatic imine (C=N–C) groups is 1. The third-order valence-corrected chi connectivity index (χ3v) is 3.08. The molecule has 5 nitrogen and oxygen atoms in total. The molecule has 3 N–H and O–H groups in total. The summed E-state index contributed by atoms with van der Waals surface area (Å²) in [5.41, 5.74) is 6.77. The van der Waals surface area contributed by atoms with Gasteiger partial charge in [0.15, 0.2) is 23.6 Å². The first-order chi connectivity index (χ1) is 10.3. The van der Waals surface area contributed by atoms with Crippen LogP contribution in [-0.4, -0.2) is 25.2 Å². The molecular formula is C16H17N3O2. The highest BCUT2D eigenvalue weighted by Gasteiger charge is 2.20. The number of nitrogens with two attached hydrogens (primary N) is 1. The van der Waals surface area contributed by atoms with Crippen LogP contribution in [0.2, 0.25) is 0 Å². The van der Waals surface area contributed by atoms with Crippen LogP contribution in [0.1, 0.15) is 0 Å². The summed E-state index contributed by atoms with van der Waals surface area (Å²) in [5.74, 6) is 1.88. The van der Waals surface area contributed by atoms with Crippen LogP contribution < -0.4 is 20.5 Å². The van der Waals surface area contributed by atoms with Crippen molar-refractivity contribution in [3.8, 4) is 11.5 Å². The topological polar surface area (TPSA) is 68.9 Å². The van der Waals surface area contributed by atoms with E-state index < -0.39 is 0 Å². The Kier molecular flexibility index (Phi) is 3.91. The zero-order chi connectivity index (χ0) is 14.5. The monoisotopic (exact) mass is 283 g/mol. The number of anilines is 1. The van der Waals surface area contributed by atoms with Gasteiger partial charge < -0.3 is 20.5 Å². The van der Waals surface area contributed by atoms with E-state index in [2.05, 4.69) is 10.3 Å². The summed E-state index contributed by atoms with van der Waals surface area (Å²) >= 11 is 0. The van der Waals surface area contributed by atoms with Crippen molar-refractivity contribution in [1.29, 1.82) is 0 Å². The second-order valence-electron chi connectivity index (χ2n) is 4.71. The number of nitrogens with one attached hydrogen (secondary N) is 1. The molecule has 0 saturated carbocycles. The molecule has 1 aliphatic rings. The van der Waals surface area contributed by atoms with E-state index in [1.165, 1.54) is 0 Å². The van der Waals surface area contributed by atoms with Gasteiger partial charge >= 0.3 is 0 Å². The number of fused-ring (bicyclic) bond motifs is 1. The maximum absolute atomic E-state index is 5.86. The lowest BCUT2D eigenvalue weighted by Crippen LogP contribution is -2.33. The standard InChI is InChI=1S/C16H17N3O2/c17-16(19-12-6-2-1-3-7-12)18-10-13-11-20-14-8-4-5-9-15(14)21-13/h1-9,13H,10-11H2,(H3,17,18,19). The summed E-state index contributed by atoms with van der Waals surface area (Å²) in [6.07, 6.45) is -0.129. The van der Waals surface area contributed by atoms with Crippen LogP contribution in [0, 0.1) is 0 Å². The second kappa shape index (κ2) is 6.17. The van der Waals surface area contributed by atoms with Gasteiger partial charge in [-0.2, -0.15) is 0 Å². The Balaban J connectivity index is 1.57. The first-order valence-corrected chi connectivity index (χ1v) is 6.82. The van der Waals surface area contributed by atoms with Gasteiger partial charge in [-0.3, -0.25) is 0 Å². The molecule has 0 saturated heterocycles. The van der Waals surface area contributed by atoms with E-state index in [1.54, 1.807) is 0 Å².